The largest absolute Gasteiger partial charge is 0.496 e. The lowest BCUT2D eigenvalue weighted by Crippen LogP contribution is -2.00. The number of hydrogen-bond donors (Lipinski definition) is 0. The van der Waals surface area contributed by atoms with E-state index in [4.69, 9.17) is 14.0 Å². The maximum atomic E-state index is 13.9. The van der Waals surface area contributed by atoms with Crippen molar-refractivity contribution in [3.05, 3.63) is 29.6 Å². The molecule has 1 aliphatic rings. The standard InChI is InChI=1S/C13H12F2N2O3/c1-18-9-3-2-8(14)11(15)10(9)13-16-12(17-20-13)7-4-5-19-6-7/h2-3,7H,4-6H2,1H3/t7-/m1/s1. The minimum absolute atomic E-state index is 0.0233. The van der Waals surface area contributed by atoms with Crippen molar-refractivity contribution < 1.29 is 22.8 Å². The summed E-state index contributed by atoms with van der Waals surface area (Å²) in [4.78, 5) is 4.13. The molecule has 7 heteroatoms. The van der Waals surface area contributed by atoms with Crippen LogP contribution in [0.3, 0.4) is 0 Å². The summed E-state index contributed by atoms with van der Waals surface area (Å²) in [7, 11) is 1.36. The van der Waals surface area contributed by atoms with Gasteiger partial charge in [0.05, 0.1) is 13.7 Å². The average molecular weight is 282 g/mol. The van der Waals surface area contributed by atoms with Gasteiger partial charge in [-0.15, -0.1) is 0 Å². The number of nitrogens with zero attached hydrogens (tertiary/aromatic N) is 2. The van der Waals surface area contributed by atoms with Crippen LogP contribution in [0.2, 0.25) is 0 Å². The van der Waals surface area contributed by atoms with Gasteiger partial charge in [-0.1, -0.05) is 5.16 Å². The normalized spacial score (nSPS) is 18.4. The third kappa shape index (κ3) is 2.14. The van der Waals surface area contributed by atoms with Crippen LogP contribution in [0.1, 0.15) is 18.2 Å². The molecule has 1 aliphatic heterocycles. The van der Waals surface area contributed by atoms with Gasteiger partial charge in [-0.2, -0.15) is 4.98 Å². The lowest BCUT2D eigenvalue weighted by molar-refractivity contribution is 0.192. The number of aromatic nitrogens is 2. The highest BCUT2D eigenvalue weighted by Gasteiger charge is 2.26. The monoisotopic (exact) mass is 282 g/mol. The van der Waals surface area contributed by atoms with Crippen LogP contribution in [0.15, 0.2) is 16.7 Å². The fraction of sp³-hybridized carbons (Fsp3) is 0.385. The van der Waals surface area contributed by atoms with Gasteiger partial charge in [0.2, 0.25) is 0 Å². The molecule has 1 aromatic carbocycles. The second kappa shape index (κ2) is 5.16. The second-order valence-corrected chi connectivity index (χ2v) is 4.46. The Kier molecular flexibility index (Phi) is 3.35. The number of ether oxygens (including phenoxy) is 2. The van der Waals surface area contributed by atoms with Gasteiger partial charge in [0, 0.05) is 12.5 Å². The molecule has 0 spiro atoms. The van der Waals surface area contributed by atoms with Crippen molar-refractivity contribution in [1.29, 1.82) is 0 Å². The van der Waals surface area contributed by atoms with E-state index in [2.05, 4.69) is 10.1 Å². The fourth-order valence-electron chi connectivity index (χ4n) is 2.14. The lowest BCUT2D eigenvalue weighted by Gasteiger charge is -2.06. The summed E-state index contributed by atoms with van der Waals surface area (Å²) in [5.41, 5.74) is -0.162. The van der Waals surface area contributed by atoms with E-state index >= 15 is 0 Å². The highest BCUT2D eigenvalue weighted by molar-refractivity contribution is 5.63. The summed E-state index contributed by atoms with van der Waals surface area (Å²) < 4.78 is 42.5. The van der Waals surface area contributed by atoms with E-state index in [1.54, 1.807) is 0 Å². The van der Waals surface area contributed by atoms with Crippen LogP contribution in [0.5, 0.6) is 5.75 Å². The number of hydrogen-bond acceptors (Lipinski definition) is 5. The molecule has 106 valence electrons. The molecule has 1 fully saturated rings. The van der Waals surface area contributed by atoms with Crippen LogP contribution < -0.4 is 4.74 Å². The molecule has 0 saturated carbocycles. The van der Waals surface area contributed by atoms with Crippen molar-refractivity contribution in [3.63, 3.8) is 0 Å². The quantitative estimate of drug-likeness (QED) is 0.865. The van der Waals surface area contributed by atoms with E-state index in [9.17, 15) is 8.78 Å². The van der Waals surface area contributed by atoms with Gasteiger partial charge >= 0.3 is 0 Å². The number of halogens is 2. The van der Waals surface area contributed by atoms with Crippen LogP contribution in [-0.2, 0) is 4.74 Å². The third-order valence-corrected chi connectivity index (χ3v) is 3.23. The van der Waals surface area contributed by atoms with Gasteiger partial charge in [-0.3, -0.25) is 0 Å². The number of rotatable bonds is 3. The molecule has 1 saturated heterocycles. The summed E-state index contributed by atoms with van der Waals surface area (Å²) >= 11 is 0. The van der Waals surface area contributed by atoms with Crippen molar-refractivity contribution in [1.82, 2.24) is 10.1 Å². The Morgan fingerprint density at radius 3 is 2.90 bits per heavy atom. The van der Waals surface area contributed by atoms with Gasteiger partial charge in [0.25, 0.3) is 5.89 Å². The predicted molar refractivity (Wildman–Crippen MR) is 64.4 cm³/mol. The maximum absolute atomic E-state index is 13.9. The van der Waals surface area contributed by atoms with Gasteiger partial charge in [-0.25, -0.2) is 8.78 Å². The molecular weight excluding hydrogens is 270 g/mol. The van der Waals surface area contributed by atoms with E-state index < -0.39 is 11.6 Å². The zero-order valence-corrected chi connectivity index (χ0v) is 10.7. The zero-order valence-electron chi connectivity index (χ0n) is 10.7. The molecule has 0 unspecified atom stereocenters. The molecule has 0 bridgehead atoms. The molecule has 2 heterocycles. The molecule has 0 amide bonds. The first-order valence-corrected chi connectivity index (χ1v) is 6.14. The molecular formula is C13H12F2N2O3. The van der Waals surface area contributed by atoms with Crippen molar-refractivity contribution >= 4 is 0 Å². The smallest absolute Gasteiger partial charge is 0.264 e. The summed E-state index contributed by atoms with van der Waals surface area (Å²) in [5.74, 6) is -1.56. The summed E-state index contributed by atoms with van der Waals surface area (Å²) in [6.07, 6.45) is 0.780. The first-order chi connectivity index (χ1) is 9.70. The highest BCUT2D eigenvalue weighted by atomic mass is 19.2. The molecule has 1 atom stereocenters. The van der Waals surface area contributed by atoms with E-state index in [1.165, 1.54) is 13.2 Å². The Bertz CT molecular complexity index is 624. The molecule has 0 N–H and O–H groups in total. The molecule has 0 radical (unpaired) electrons. The minimum Gasteiger partial charge on any atom is -0.496 e. The van der Waals surface area contributed by atoms with E-state index in [1.807, 2.05) is 0 Å². The SMILES string of the molecule is COc1ccc(F)c(F)c1-c1nc([C@@H]2CCOC2)no1. The molecule has 5 nitrogen and oxygen atoms in total. The van der Waals surface area contributed by atoms with Gasteiger partial charge in [-0.05, 0) is 18.6 Å². The molecule has 20 heavy (non-hydrogen) atoms. The predicted octanol–water partition coefficient (Wildman–Crippen LogP) is 2.53. The first-order valence-electron chi connectivity index (χ1n) is 6.14. The Labute approximate surface area is 113 Å². The fourth-order valence-corrected chi connectivity index (χ4v) is 2.14. The van der Waals surface area contributed by atoms with Crippen LogP contribution >= 0.6 is 0 Å². The molecule has 3 rings (SSSR count). The van der Waals surface area contributed by atoms with Gasteiger partial charge < -0.3 is 14.0 Å². The molecule has 0 aliphatic carbocycles. The topological polar surface area (TPSA) is 57.4 Å². The maximum Gasteiger partial charge on any atom is 0.264 e. The summed E-state index contributed by atoms with van der Waals surface area (Å²) in [5, 5.41) is 3.81. The Balaban J connectivity index is 2.02. The first kappa shape index (κ1) is 13.0. The van der Waals surface area contributed by atoms with Crippen molar-refractivity contribution in [3.8, 4) is 17.2 Å². The van der Waals surface area contributed by atoms with E-state index in [-0.39, 0.29) is 23.1 Å². The van der Waals surface area contributed by atoms with Crippen molar-refractivity contribution in [2.45, 2.75) is 12.3 Å². The second-order valence-electron chi connectivity index (χ2n) is 4.46. The Hall–Kier alpha value is -2.02. The van der Waals surface area contributed by atoms with Crippen molar-refractivity contribution in [2.24, 2.45) is 0 Å². The van der Waals surface area contributed by atoms with E-state index in [0.717, 1.165) is 12.5 Å². The van der Waals surface area contributed by atoms with Crippen LogP contribution in [0, 0.1) is 11.6 Å². The van der Waals surface area contributed by atoms with Crippen LogP contribution in [0.4, 0.5) is 8.78 Å². The van der Waals surface area contributed by atoms with Crippen LogP contribution in [-0.4, -0.2) is 30.5 Å². The average Bonchev–Trinajstić information content (AvgIpc) is 3.11. The summed E-state index contributed by atoms with van der Waals surface area (Å²) in [6.45, 7) is 1.13. The highest BCUT2D eigenvalue weighted by Crippen LogP contribution is 2.34. The number of methoxy groups -OCH3 is 1. The Morgan fingerprint density at radius 2 is 2.20 bits per heavy atom. The summed E-state index contributed by atoms with van der Waals surface area (Å²) in [6, 6.07) is 2.30. The van der Waals surface area contributed by atoms with Crippen LogP contribution in [0.25, 0.3) is 11.5 Å². The van der Waals surface area contributed by atoms with E-state index in [0.29, 0.717) is 19.0 Å². The zero-order chi connectivity index (χ0) is 14.1. The Morgan fingerprint density at radius 1 is 1.35 bits per heavy atom. The van der Waals surface area contributed by atoms with Gasteiger partial charge in [0.15, 0.2) is 17.5 Å². The lowest BCUT2D eigenvalue weighted by atomic mass is 10.1. The number of benzene rings is 1. The minimum atomic E-state index is -1.07. The molecule has 2 aromatic rings. The van der Waals surface area contributed by atoms with Gasteiger partial charge in [0.1, 0.15) is 11.3 Å². The third-order valence-electron chi connectivity index (χ3n) is 3.23. The molecule has 1 aromatic heterocycles. The van der Waals surface area contributed by atoms with Crippen molar-refractivity contribution in [2.75, 3.05) is 20.3 Å².